The van der Waals surface area contributed by atoms with Crippen molar-refractivity contribution in [2.45, 2.75) is 39.8 Å². The molecule has 0 radical (unpaired) electrons. The Balaban J connectivity index is 2.20. The highest BCUT2D eigenvalue weighted by molar-refractivity contribution is 5.47. The van der Waals surface area contributed by atoms with E-state index >= 15 is 0 Å². The molecule has 2 aromatic rings. The molecule has 0 amide bonds. The minimum Gasteiger partial charge on any atom is -0.368 e. The summed E-state index contributed by atoms with van der Waals surface area (Å²) in [5.41, 5.74) is 0. The largest absolute Gasteiger partial charge is 0.368 e. The van der Waals surface area contributed by atoms with Crippen LogP contribution in [0.2, 0.25) is 0 Å². The Kier molecular flexibility index (Phi) is 4.77. The van der Waals surface area contributed by atoms with Gasteiger partial charge in [-0.05, 0) is 19.8 Å². The molecule has 21 heavy (non-hydrogen) atoms. The van der Waals surface area contributed by atoms with E-state index in [0.29, 0.717) is 12.0 Å². The summed E-state index contributed by atoms with van der Waals surface area (Å²) in [6.45, 7) is 8.50. The lowest BCUT2D eigenvalue weighted by Gasteiger charge is -2.23. The summed E-state index contributed by atoms with van der Waals surface area (Å²) in [4.78, 5) is 13.0. The van der Waals surface area contributed by atoms with E-state index in [4.69, 9.17) is 0 Å². The summed E-state index contributed by atoms with van der Waals surface area (Å²) in [5.74, 6) is 3.02. The van der Waals surface area contributed by atoms with E-state index in [0.717, 1.165) is 17.5 Å². The summed E-state index contributed by atoms with van der Waals surface area (Å²) >= 11 is 0. The molecule has 0 aliphatic rings. The smallest absolute Gasteiger partial charge is 0.132 e. The van der Waals surface area contributed by atoms with Crippen LogP contribution in [-0.2, 0) is 7.05 Å². The van der Waals surface area contributed by atoms with Gasteiger partial charge in [-0.2, -0.15) is 0 Å². The van der Waals surface area contributed by atoms with Gasteiger partial charge in [0.15, 0.2) is 0 Å². The van der Waals surface area contributed by atoms with Crippen molar-refractivity contribution >= 4 is 11.6 Å². The third-order valence-corrected chi connectivity index (χ3v) is 3.21. The van der Waals surface area contributed by atoms with Gasteiger partial charge in [-0.15, -0.1) is 0 Å². The molecule has 2 rings (SSSR count). The van der Waals surface area contributed by atoms with Crippen LogP contribution in [0.15, 0.2) is 24.8 Å². The topological polar surface area (TPSA) is 67.7 Å². The Morgan fingerprint density at radius 2 is 1.67 bits per heavy atom. The Morgan fingerprint density at radius 3 is 2.19 bits per heavy atom. The third kappa shape index (κ3) is 3.93. The van der Waals surface area contributed by atoms with Gasteiger partial charge in [0.25, 0.3) is 0 Å². The molecule has 0 aliphatic heterocycles. The maximum absolute atomic E-state index is 4.45. The molecule has 0 aromatic carbocycles. The highest BCUT2D eigenvalue weighted by Gasteiger charge is 2.20. The van der Waals surface area contributed by atoms with Crippen molar-refractivity contribution in [3.63, 3.8) is 0 Å². The predicted octanol–water partition coefficient (Wildman–Crippen LogP) is 2.84. The van der Waals surface area contributed by atoms with Crippen LogP contribution in [0.25, 0.3) is 0 Å². The number of hydrogen-bond donors (Lipinski definition) is 2. The van der Waals surface area contributed by atoms with Crippen molar-refractivity contribution in [1.29, 1.82) is 0 Å². The van der Waals surface area contributed by atoms with Gasteiger partial charge in [0, 0.05) is 31.5 Å². The van der Waals surface area contributed by atoms with Gasteiger partial charge in [0.2, 0.25) is 0 Å². The van der Waals surface area contributed by atoms with Gasteiger partial charge in [-0.1, -0.05) is 13.8 Å². The maximum Gasteiger partial charge on any atom is 0.132 e. The lowest BCUT2D eigenvalue weighted by molar-refractivity contribution is 0.506. The number of anilines is 2. The van der Waals surface area contributed by atoms with E-state index in [1.807, 2.05) is 30.1 Å². The average molecular weight is 288 g/mol. The first-order chi connectivity index (χ1) is 9.97. The summed E-state index contributed by atoms with van der Waals surface area (Å²) in [6, 6.07) is 2.37. The number of nitrogens with one attached hydrogen (secondary N) is 2. The van der Waals surface area contributed by atoms with Crippen LogP contribution in [0.4, 0.5) is 11.6 Å². The highest BCUT2D eigenvalue weighted by atomic mass is 15.1. The molecule has 0 saturated heterocycles. The average Bonchev–Trinajstić information content (AvgIpc) is 2.81. The Morgan fingerprint density at radius 1 is 1.00 bits per heavy atom. The normalized spacial score (nSPS) is 12.7. The first-order valence-corrected chi connectivity index (χ1v) is 7.29. The van der Waals surface area contributed by atoms with E-state index in [1.54, 1.807) is 6.33 Å². The fourth-order valence-corrected chi connectivity index (χ4v) is 2.18. The van der Waals surface area contributed by atoms with Crippen LogP contribution in [0.1, 0.15) is 39.6 Å². The molecule has 0 bridgehead atoms. The van der Waals surface area contributed by atoms with Crippen LogP contribution >= 0.6 is 0 Å². The van der Waals surface area contributed by atoms with Crippen molar-refractivity contribution < 1.29 is 0 Å². The number of imidazole rings is 1. The van der Waals surface area contributed by atoms with Gasteiger partial charge < -0.3 is 15.2 Å². The second-order valence-corrected chi connectivity index (χ2v) is 5.85. The molecule has 6 nitrogen and oxygen atoms in total. The van der Waals surface area contributed by atoms with E-state index in [-0.39, 0.29) is 6.04 Å². The molecule has 114 valence electrons. The zero-order valence-corrected chi connectivity index (χ0v) is 13.3. The van der Waals surface area contributed by atoms with Crippen molar-refractivity contribution in [2.24, 2.45) is 13.0 Å². The maximum atomic E-state index is 4.45. The molecule has 0 aliphatic carbocycles. The van der Waals surface area contributed by atoms with E-state index in [9.17, 15) is 0 Å². The van der Waals surface area contributed by atoms with Crippen LogP contribution in [0.3, 0.4) is 0 Å². The van der Waals surface area contributed by atoms with Crippen molar-refractivity contribution in [3.8, 4) is 0 Å². The first kappa shape index (κ1) is 15.3. The van der Waals surface area contributed by atoms with Gasteiger partial charge >= 0.3 is 0 Å². The number of rotatable bonds is 6. The Hall–Kier alpha value is -2.11. The SMILES string of the molecule is CC(C)Nc1cc(NC(c2nccn2C)C(C)C)ncn1. The summed E-state index contributed by atoms with van der Waals surface area (Å²) in [7, 11) is 2.01. The van der Waals surface area contributed by atoms with E-state index < -0.39 is 0 Å². The second kappa shape index (κ2) is 6.56. The van der Waals surface area contributed by atoms with Gasteiger partial charge in [0.1, 0.15) is 23.8 Å². The molecular weight excluding hydrogens is 264 g/mol. The molecule has 2 aromatic heterocycles. The molecule has 0 spiro atoms. The van der Waals surface area contributed by atoms with Crippen LogP contribution in [-0.4, -0.2) is 25.6 Å². The summed E-state index contributed by atoms with van der Waals surface area (Å²) in [6.07, 6.45) is 5.35. The lowest BCUT2D eigenvalue weighted by Crippen LogP contribution is -2.21. The third-order valence-electron chi connectivity index (χ3n) is 3.21. The van der Waals surface area contributed by atoms with Crippen LogP contribution in [0.5, 0.6) is 0 Å². The zero-order valence-electron chi connectivity index (χ0n) is 13.3. The van der Waals surface area contributed by atoms with E-state index in [2.05, 4.69) is 53.3 Å². The molecule has 0 saturated carbocycles. The molecular formula is C15H24N6. The molecule has 2 heterocycles. The fraction of sp³-hybridized carbons (Fsp3) is 0.533. The molecule has 1 atom stereocenters. The second-order valence-electron chi connectivity index (χ2n) is 5.85. The van der Waals surface area contributed by atoms with Crippen LogP contribution in [0, 0.1) is 5.92 Å². The summed E-state index contributed by atoms with van der Waals surface area (Å²) < 4.78 is 2.03. The molecule has 0 fully saturated rings. The van der Waals surface area contributed by atoms with Crippen molar-refractivity contribution in [1.82, 2.24) is 19.5 Å². The predicted molar refractivity (Wildman–Crippen MR) is 85.2 cm³/mol. The van der Waals surface area contributed by atoms with Gasteiger partial charge in [-0.25, -0.2) is 15.0 Å². The van der Waals surface area contributed by atoms with Gasteiger partial charge in [-0.3, -0.25) is 0 Å². The first-order valence-electron chi connectivity index (χ1n) is 7.29. The zero-order chi connectivity index (χ0) is 15.4. The van der Waals surface area contributed by atoms with Crippen LogP contribution < -0.4 is 10.6 Å². The summed E-state index contributed by atoms with van der Waals surface area (Å²) in [5, 5.41) is 6.74. The molecule has 2 N–H and O–H groups in total. The number of aryl methyl sites for hydroxylation is 1. The lowest BCUT2D eigenvalue weighted by atomic mass is 10.0. The van der Waals surface area contributed by atoms with Crippen molar-refractivity contribution in [2.75, 3.05) is 10.6 Å². The molecule has 1 unspecified atom stereocenters. The van der Waals surface area contributed by atoms with Crippen molar-refractivity contribution in [3.05, 3.63) is 30.6 Å². The minimum atomic E-state index is 0.104. The minimum absolute atomic E-state index is 0.104. The Labute approximate surface area is 126 Å². The number of hydrogen-bond acceptors (Lipinski definition) is 5. The molecule has 6 heteroatoms. The fourth-order valence-electron chi connectivity index (χ4n) is 2.18. The van der Waals surface area contributed by atoms with Gasteiger partial charge in [0.05, 0.1) is 6.04 Å². The van der Waals surface area contributed by atoms with E-state index in [1.165, 1.54) is 0 Å². The number of nitrogens with zero attached hydrogens (tertiary/aromatic N) is 4. The number of aromatic nitrogens is 4. The Bertz CT molecular complexity index is 575. The standard InChI is InChI=1S/C15H24N6/c1-10(2)14(15-16-6-7-21(15)5)20-13-8-12(17-9-18-13)19-11(3)4/h6-11,14H,1-5H3,(H2,17,18,19,20). The monoisotopic (exact) mass is 288 g/mol. The highest BCUT2D eigenvalue weighted by Crippen LogP contribution is 2.24. The quantitative estimate of drug-likeness (QED) is 0.855.